The molecule has 0 aromatic carbocycles. The Morgan fingerprint density at radius 3 is 3.00 bits per heavy atom. The number of imidazole rings is 1. The Balaban J connectivity index is 0.000000720. The number of aryl methyl sites for hydroxylation is 1. The third-order valence-corrected chi connectivity index (χ3v) is 3.34. The average Bonchev–Trinajstić information content (AvgIpc) is 2.53. The predicted molar refractivity (Wildman–Crippen MR) is 54.6 cm³/mol. The van der Waals surface area contributed by atoms with Crippen LogP contribution in [0, 0.1) is 6.92 Å². The molecule has 12 heavy (non-hydrogen) atoms. The Hall–Kier alpha value is -0.250. The summed E-state index contributed by atoms with van der Waals surface area (Å²) in [7, 11) is 0. The van der Waals surface area contributed by atoms with Gasteiger partial charge < -0.3 is 0 Å². The largest absolute Gasteiger partial charge is 0.294 e. The SMILES string of the molecule is Cc1c(CCl)sc2cncn12.Cl. The van der Waals surface area contributed by atoms with Gasteiger partial charge in [0.15, 0.2) is 0 Å². The van der Waals surface area contributed by atoms with Crippen LogP contribution in [0.3, 0.4) is 0 Å². The minimum absolute atomic E-state index is 0. The van der Waals surface area contributed by atoms with Crippen LogP contribution in [0.5, 0.6) is 0 Å². The van der Waals surface area contributed by atoms with Crippen LogP contribution in [0.15, 0.2) is 12.5 Å². The van der Waals surface area contributed by atoms with Crippen molar-refractivity contribution in [2.75, 3.05) is 0 Å². The molecule has 0 saturated carbocycles. The Morgan fingerprint density at radius 2 is 2.42 bits per heavy atom. The number of hydrogen-bond donors (Lipinski definition) is 0. The van der Waals surface area contributed by atoms with E-state index in [2.05, 4.69) is 16.3 Å². The van der Waals surface area contributed by atoms with Gasteiger partial charge in [0.25, 0.3) is 0 Å². The lowest BCUT2D eigenvalue weighted by Gasteiger charge is -1.89. The van der Waals surface area contributed by atoms with Gasteiger partial charge in [-0.2, -0.15) is 0 Å². The molecule has 66 valence electrons. The zero-order valence-electron chi connectivity index (χ0n) is 6.45. The summed E-state index contributed by atoms with van der Waals surface area (Å²) in [5.74, 6) is 0.595. The smallest absolute Gasteiger partial charge is 0.119 e. The zero-order valence-corrected chi connectivity index (χ0v) is 8.84. The molecule has 0 saturated heterocycles. The molecule has 2 rings (SSSR count). The fourth-order valence-electron chi connectivity index (χ4n) is 1.07. The topological polar surface area (TPSA) is 17.3 Å². The van der Waals surface area contributed by atoms with E-state index in [4.69, 9.17) is 11.6 Å². The van der Waals surface area contributed by atoms with Gasteiger partial charge in [0, 0.05) is 10.6 Å². The standard InChI is InChI=1S/C7H7ClN2S.ClH/c1-5-6(2-8)11-7-3-9-4-10(5)7;/h3-4H,2H2,1H3;1H. The van der Waals surface area contributed by atoms with Crippen LogP contribution in [-0.4, -0.2) is 9.38 Å². The number of nitrogens with zero attached hydrogens (tertiary/aromatic N) is 2. The molecule has 0 aliphatic carbocycles. The molecule has 0 N–H and O–H groups in total. The van der Waals surface area contributed by atoms with E-state index < -0.39 is 0 Å². The third kappa shape index (κ3) is 1.32. The van der Waals surface area contributed by atoms with Crippen molar-refractivity contribution in [3.05, 3.63) is 23.1 Å². The molecule has 0 fully saturated rings. The Kier molecular flexibility index (Phi) is 2.99. The van der Waals surface area contributed by atoms with Gasteiger partial charge in [0.05, 0.1) is 12.1 Å². The van der Waals surface area contributed by atoms with Crippen LogP contribution >= 0.6 is 35.3 Å². The van der Waals surface area contributed by atoms with Gasteiger partial charge in [-0.25, -0.2) is 4.98 Å². The van der Waals surface area contributed by atoms with Crippen LogP contribution in [0.4, 0.5) is 0 Å². The number of halogens is 2. The Bertz CT molecular complexity index is 380. The van der Waals surface area contributed by atoms with Gasteiger partial charge in [-0.3, -0.25) is 4.40 Å². The lowest BCUT2D eigenvalue weighted by atomic mass is 10.4. The Morgan fingerprint density at radius 1 is 1.67 bits per heavy atom. The molecule has 0 aliphatic heterocycles. The second-order valence-electron chi connectivity index (χ2n) is 2.35. The van der Waals surface area contributed by atoms with Crippen LogP contribution in [0.25, 0.3) is 4.83 Å². The van der Waals surface area contributed by atoms with E-state index in [1.165, 1.54) is 10.6 Å². The number of aromatic nitrogens is 2. The van der Waals surface area contributed by atoms with E-state index in [1.807, 2.05) is 12.5 Å². The lowest BCUT2D eigenvalue weighted by Crippen LogP contribution is -1.83. The number of thiazole rings is 1. The summed E-state index contributed by atoms with van der Waals surface area (Å²) in [4.78, 5) is 6.42. The van der Waals surface area contributed by atoms with Gasteiger partial charge >= 0.3 is 0 Å². The highest BCUT2D eigenvalue weighted by Gasteiger charge is 2.05. The molecule has 2 aromatic heterocycles. The molecule has 2 nitrogen and oxygen atoms in total. The highest BCUT2D eigenvalue weighted by molar-refractivity contribution is 7.17. The highest BCUT2D eigenvalue weighted by Crippen LogP contribution is 2.23. The molecule has 0 unspecified atom stereocenters. The first-order valence-electron chi connectivity index (χ1n) is 3.29. The summed E-state index contributed by atoms with van der Waals surface area (Å²) in [6.45, 7) is 2.06. The lowest BCUT2D eigenvalue weighted by molar-refractivity contribution is 1.08. The van der Waals surface area contributed by atoms with Crippen molar-refractivity contribution in [2.24, 2.45) is 0 Å². The van der Waals surface area contributed by atoms with E-state index in [1.54, 1.807) is 11.3 Å². The monoisotopic (exact) mass is 222 g/mol. The molecule has 0 bridgehead atoms. The second-order valence-corrected chi connectivity index (χ2v) is 3.73. The number of fused-ring (bicyclic) bond motifs is 1. The summed E-state index contributed by atoms with van der Waals surface area (Å²) in [6.07, 6.45) is 3.67. The van der Waals surface area contributed by atoms with Crippen molar-refractivity contribution in [1.82, 2.24) is 9.38 Å². The normalized spacial score (nSPS) is 10.2. The molecular formula is C7H8Cl2N2S. The maximum Gasteiger partial charge on any atom is 0.119 e. The van der Waals surface area contributed by atoms with Crippen molar-refractivity contribution < 1.29 is 0 Å². The van der Waals surface area contributed by atoms with E-state index >= 15 is 0 Å². The van der Waals surface area contributed by atoms with Gasteiger partial charge in [-0.1, -0.05) is 0 Å². The van der Waals surface area contributed by atoms with Gasteiger partial charge in [0.1, 0.15) is 11.2 Å². The molecule has 0 spiro atoms. The quantitative estimate of drug-likeness (QED) is 0.679. The van der Waals surface area contributed by atoms with Gasteiger partial charge in [-0.05, 0) is 6.92 Å². The van der Waals surface area contributed by atoms with Gasteiger partial charge in [0.2, 0.25) is 0 Å². The minimum atomic E-state index is 0. The zero-order chi connectivity index (χ0) is 7.84. The van der Waals surface area contributed by atoms with E-state index in [9.17, 15) is 0 Å². The molecule has 0 aliphatic rings. The molecule has 0 amide bonds. The first-order valence-corrected chi connectivity index (χ1v) is 4.64. The first kappa shape index (κ1) is 9.84. The van der Waals surface area contributed by atoms with Crippen LogP contribution in [-0.2, 0) is 5.88 Å². The average molecular weight is 223 g/mol. The molecule has 2 aromatic rings. The van der Waals surface area contributed by atoms with Gasteiger partial charge in [-0.15, -0.1) is 35.3 Å². The van der Waals surface area contributed by atoms with Crippen LogP contribution in [0.1, 0.15) is 10.6 Å². The van der Waals surface area contributed by atoms with Crippen LogP contribution < -0.4 is 0 Å². The highest BCUT2D eigenvalue weighted by atomic mass is 35.5. The first-order chi connectivity index (χ1) is 5.33. The fraction of sp³-hybridized carbons (Fsp3) is 0.286. The number of rotatable bonds is 1. The molecular weight excluding hydrogens is 215 g/mol. The van der Waals surface area contributed by atoms with E-state index in [0.717, 1.165) is 4.83 Å². The maximum atomic E-state index is 5.74. The maximum absolute atomic E-state index is 5.74. The Labute approximate surface area is 85.6 Å². The molecule has 0 atom stereocenters. The van der Waals surface area contributed by atoms with Crippen molar-refractivity contribution in [1.29, 1.82) is 0 Å². The third-order valence-electron chi connectivity index (χ3n) is 1.72. The number of alkyl halides is 1. The fourth-order valence-corrected chi connectivity index (χ4v) is 2.37. The summed E-state index contributed by atoms with van der Waals surface area (Å²) < 4.78 is 2.06. The number of hydrogen-bond acceptors (Lipinski definition) is 2. The van der Waals surface area contributed by atoms with Crippen molar-refractivity contribution in [3.8, 4) is 0 Å². The summed E-state index contributed by atoms with van der Waals surface area (Å²) in [5, 5.41) is 0. The van der Waals surface area contributed by atoms with Crippen LogP contribution in [0.2, 0.25) is 0 Å². The van der Waals surface area contributed by atoms with E-state index in [-0.39, 0.29) is 12.4 Å². The van der Waals surface area contributed by atoms with Crippen molar-refractivity contribution >= 4 is 40.2 Å². The second kappa shape index (κ2) is 3.64. The predicted octanol–water partition coefficient (Wildman–Crippen LogP) is 2.86. The molecule has 5 heteroatoms. The van der Waals surface area contributed by atoms with Crippen molar-refractivity contribution in [3.63, 3.8) is 0 Å². The summed E-state index contributed by atoms with van der Waals surface area (Å²) in [5.41, 5.74) is 1.21. The molecule has 2 heterocycles. The molecule has 0 radical (unpaired) electrons. The minimum Gasteiger partial charge on any atom is -0.294 e. The summed E-state index contributed by atoms with van der Waals surface area (Å²) >= 11 is 7.44. The van der Waals surface area contributed by atoms with Crippen molar-refractivity contribution in [2.45, 2.75) is 12.8 Å². The van der Waals surface area contributed by atoms with E-state index in [0.29, 0.717) is 5.88 Å². The summed E-state index contributed by atoms with van der Waals surface area (Å²) in [6, 6.07) is 0.